The van der Waals surface area contributed by atoms with Crippen molar-refractivity contribution in [2.45, 2.75) is 80.6 Å². The number of alkyl halides is 2. The minimum atomic E-state index is -1.60. The smallest absolute Gasteiger partial charge is 0.121 e. The quantitative estimate of drug-likeness (QED) is 0.586. The van der Waals surface area contributed by atoms with Crippen LogP contribution in [-0.4, -0.2) is 11.3 Å². The van der Waals surface area contributed by atoms with E-state index in [1.165, 1.54) is 6.92 Å². The standard InChI is InChI=1S/C16H32F2/c1-11(2)13(5,6)16(10,18)14(7,8)15(9,17)12(3)4/h11-12H,1-10H3. The summed E-state index contributed by atoms with van der Waals surface area (Å²) in [4.78, 5) is 0. The predicted molar refractivity (Wildman–Crippen MR) is 76.3 cm³/mol. The van der Waals surface area contributed by atoms with Gasteiger partial charge in [0.25, 0.3) is 0 Å². The first-order chi connectivity index (χ1) is 7.64. The largest absolute Gasteiger partial charge is 0.243 e. The fourth-order valence-corrected chi connectivity index (χ4v) is 2.53. The molecule has 0 aromatic carbocycles. The van der Waals surface area contributed by atoms with Crippen molar-refractivity contribution in [3.8, 4) is 0 Å². The highest BCUT2D eigenvalue weighted by molar-refractivity contribution is 5.09. The van der Waals surface area contributed by atoms with Crippen LogP contribution in [0.2, 0.25) is 0 Å². The molecule has 2 unspecified atom stereocenters. The lowest BCUT2D eigenvalue weighted by molar-refractivity contribution is -0.167. The van der Waals surface area contributed by atoms with Crippen molar-refractivity contribution in [3.05, 3.63) is 0 Å². The molecule has 0 saturated carbocycles. The van der Waals surface area contributed by atoms with E-state index in [4.69, 9.17) is 0 Å². The molecule has 110 valence electrons. The molecule has 0 radical (unpaired) electrons. The van der Waals surface area contributed by atoms with E-state index < -0.39 is 22.2 Å². The van der Waals surface area contributed by atoms with E-state index in [2.05, 4.69) is 0 Å². The van der Waals surface area contributed by atoms with E-state index in [9.17, 15) is 0 Å². The molecule has 0 bridgehead atoms. The Morgan fingerprint density at radius 1 is 0.667 bits per heavy atom. The first-order valence-electron chi connectivity index (χ1n) is 7.01. The Labute approximate surface area is 113 Å². The van der Waals surface area contributed by atoms with Crippen molar-refractivity contribution in [2.24, 2.45) is 22.7 Å². The van der Waals surface area contributed by atoms with Gasteiger partial charge < -0.3 is 0 Å². The Hall–Kier alpha value is -0.140. The topological polar surface area (TPSA) is 0 Å². The molecule has 0 N–H and O–H groups in total. The van der Waals surface area contributed by atoms with Gasteiger partial charge in [0.1, 0.15) is 11.3 Å². The molecule has 0 aliphatic heterocycles. The van der Waals surface area contributed by atoms with Gasteiger partial charge in [-0.3, -0.25) is 0 Å². The normalized spacial score (nSPS) is 21.0. The first kappa shape index (κ1) is 17.9. The third-order valence-electron chi connectivity index (χ3n) is 6.13. The van der Waals surface area contributed by atoms with Crippen molar-refractivity contribution >= 4 is 0 Å². The van der Waals surface area contributed by atoms with Crippen LogP contribution in [0.3, 0.4) is 0 Å². The summed E-state index contributed by atoms with van der Waals surface area (Å²) in [6.45, 7) is 18.0. The maximum atomic E-state index is 15.5. The zero-order valence-corrected chi connectivity index (χ0v) is 13.9. The molecule has 0 aliphatic rings. The first-order valence-corrected chi connectivity index (χ1v) is 7.01. The van der Waals surface area contributed by atoms with Crippen LogP contribution in [0.4, 0.5) is 8.78 Å². The van der Waals surface area contributed by atoms with E-state index in [0.29, 0.717) is 0 Å². The highest BCUT2D eigenvalue weighted by atomic mass is 19.2. The molecule has 0 fully saturated rings. The van der Waals surface area contributed by atoms with E-state index in [-0.39, 0.29) is 11.8 Å². The monoisotopic (exact) mass is 262 g/mol. The second kappa shape index (κ2) is 4.76. The lowest BCUT2D eigenvalue weighted by atomic mass is 9.53. The Morgan fingerprint density at radius 2 is 1.00 bits per heavy atom. The second-order valence-corrected chi connectivity index (χ2v) is 7.73. The maximum Gasteiger partial charge on any atom is 0.121 e. The predicted octanol–water partition coefficient (Wildman–Crippen LogP) is 5.81. The van der Waals surface area contributed by atoms with Crippen molar-refractivity contribution in [2.75, 3.05) is 0 Å². The second-order valence-electron chi connectivity index (χ2n) is 7.73. The molecule has 0 rings (SSSR count). The van der Waals surface area contributed by atoms with E-state index >= 15 is 8.78 Å². The lowest BCUT2D eigenvalue weighted by Crippen LogP contribution is -2.61. The van der Waals surface area contributed by atoms with Crippen LogP contribution in [0, 0.1) is 22.7 Å². The summed E-state index contributed by atoms with van der Waals surface area (Å²) >= 11 is 0. The number of rotatable bonds is 5. The Kier molecular flexibility index (Phi) is 4.72. The SMILES string of the molecule is CC(C)C(C)(C)C(C)(F)C(C)(C)C(C)(F)C(C)C. The van der Waals surface area contributed by atoms with Crippen molar-refractivity contribution in [1.82, 2.24) is 0 Å². The van der Waals surface area contributed by atoms with Crippen LogP contribution < -0.4 is 0 Å². The van der Waals surface area contributed by atoms with Crippen molar-refractivity contribution in [1.29, 1.82) is 0 Å². The summed E-state index contributed by atoms with van der Waals surface area (Å²) in [5, 5.41) is 0. The summed E-state index contributed by atoms with van der Waals surface area (Å²) in [5.41, 5.74) is -4.79. The highest BCUT2D eigenvalue weighted by Crippen LogP contribution is 2.57. The Morgan fingerprint density at radius 3 is 1.22 bits per heavy atom. The van der Waals surface area contributed by atoms with Crippen LogP contribution in [0.5, 0.6) is 0 Å². The molecule has 0 heterocycles. The zero-order chi connectivity index (χ0) is 15.2. The minimum absolute atomic E-state index is 0.148. The van der Waals surface area contributed by atoms with Crippen LogP contribution in [0.25, 0.3) is 0 Å². The lowest BCUT2D eigenvalue weighted by Gasteiger charge is -2.55. The molecule has 0 amide bonds. The van der Waals surface area contributed by atoms with Crippen molar-refractivity contribution < 1.29 is 8.78 Å². The van der Waals surface area contributed by atoms with Gasteiger partial charge in [-0.15, -0.1) is 0 Å². The zero-order valence-electron chi connectivity index (χ0n) is 13.9. The van der Waals surface area contributed by atoms with Gasteiger partial charge in [0.2, 0.25) is 0 Å². The van der Waals surface area contributed by atoms with Gasteiger partial charge in [-0.2, -0.15) is 0 Å². The van der Waals surface area contributed by atoms with Crippen molar-refractivity contribution in [3.63, 3.8) is 0 Å². The third kappa shape index (κ3) is 2.32. The van der Waals surface area contributed by atoms with Gasteiger partial charge in [-0.1, -0.05) is 55.4 Å². The molecule has 2 heteroatoms. The number of hydrogen-bond donors (Lipinski definition) is 0. The molecular formula is C16H32F2. The molecule has 2 atom stereocenters. The molecular weight excluding hydrogens is 230 g/mol. The van der Waals surface area contributed by atoms with E-state index in [1.54, 1.807) is 20.8 Å². The fraction of sp³-hybridized carbons (Fsp3) is 1.00. The summed E-state index contributed by atoms with van der Waals surface area (Å²) in [6.07, 6.45) is 0. The average Bonchev–Trinajstić information content (AvgIpc) is 2.15. The summed E-state index contributed by atoms with van der Waals surface area (Å²) in [6, 6.07) is 0. The number of halogens is 2. The Bertz CT molecular complexity index is 253. The Balaban J connectivity index is 5.74. The molecule has 0 saturated heterocycles. The van der Waals surface area contributed by atoms with Gasteiger partial charge in [0, 0.05) is 10.8 Å². The van der Waals surface area contributed by atoms with E-state index in [0.717, 1.165) is 0 Å². The minimum Gasteiger partial charge on any atom is -0.243 e. The fourth-order valence-electron chi connectivity index (χ4n) is 2.53. The van der Waals surface area contributed by atoms with Gasteiger partial charge in [-0.25, -0.2) is 8.78 Å². The van der Waals surface area contributed by atoms with Crippen LogP contribution in [0.15, 0.2) is 0 Å². The molecule has 0 aromatic heterocycles. The van der Waals surface area contributed by atoms with Crippen LogP contribution in [-0.2, 0) is 0 Å². The summed E-state index contributed by atoms with van der Waals surface area (Å²) in [7, 11) is 0. The molecule has 0 nitrogen and oxygen atoms in total. The highest BCUT2D eigenvalue weighted by Gasteiger charge is 2.61. The molecule has 0 aromatic rings. The average molecular weight is 262 g/mol. The van der Waals surface area contributed by atoms with Crippen LogP contribution >= 0.6 is 0 Å². The van der Waals surface area contributed by atoms with Gasteiger partial charge in [-0.05, 0) is 25.7 Å². The molecule has 0 spiro atoms. The molecule has 0 aliphatic carbocycles. The van der Waals surface area contributed by atoms with Crippen LogP contribution in [0.1, 0.15) is 69.2 Å². The van der Waals surface area contributed by atoms with Gasteiger partial charge in [0.15, 0.2) is 0 Å². The summed E-state index contributed by atoms with van der Waals surface area (Å²) < 4.78 is 30.6. The number of hydrogen-bond acceptors (Lipinski definition) is 0. The van der Waals surface area contributed by atoms with Gasteiger partial charge >= 0.3 is 0 Å². The maximum absolute atomic E-state index is 15.5. The van der Waals surface area contributed by atoms with E-state index in [1.807, 2.05) is 41.5 Å². The summed E-state index contributed by atoms with van der Waals surface area (Å²) in [5.74, 6) is -0.0692. The third-order valence-corrected chi connectivity index (χ3v) is 6.13. The van der Waals surface area contributed by atoms with Gasteiger partial charge in [0.05, 0.1) is 0 Å². The molecule has 18 heavy (non-hydrogen) atoms.